The number of aromatic nitrogens is 2. The molecule has 4 heterocycles. The second kappa shape index (κ2) is 18.9. The van der Waals surface area contributed by atoms with Crippen LogP contribution in [-0.2, 0) is 14.4 Å². The summed E-state index contributed by atoms with van der Waals surface area (Å²) in [4.78, 5) is 56.7. The molecule has 1 aliphatic carbocycles. The Balaban J connectivity index is 0.917. The summed E-state index contributed by atoms with van der Waals surface area (Å²) in [5.41, 5.74) is 6.48. The highest BCUT2D eigenvalue weighted by Crippen LogP contribution is 2.41. The highest BCUT2D eigenvalue weighted by molar-refractivity contribution is 14.1. The lowest BCUT2D eigenvalue weighted by atomic mass is 10.00. The van der Waals surface area contributed by atoms with E-state index in [0.717, 1.165) is 99.1 Å². The smallest absolute Gasteiger partial charge is 0.250 e. The Morgan fingerprint density at radius 1 is 0.763 bits per heavy atom. The van der Waals surface area contributed by atoms with Crippen LogP contribution in [0.2, 0.25) is 0 Å². The maximum Gasteiger partial charge on any atom is 0.250 e. The Morgan fingerprint density at radius 2 is 1.31 bits per heavy atom. The molecule has 3 amide bonds. The molecule has 0 radical (unpaired) electrons. The molecule has 8 nitrogen and oxygen atoms in total. The number of benzene rings is 3. The molecule has 5 aromatic rings. The lowest BCUT2D eigenvalue weighted by molar-refractivity contribution is -0.138. The molecule has 0 bridgehead atoms. The van der Waals surface area contributed by atoms with E-state index in [9.17, 15) is 14.4 Å². The predicted octanol–water partition coefficient (Wildman–Crippen LogP) is 11.3. The van der Waals surface area contributed by atoms with E-state index in [-0.39, 0.29) is 35.7 Å². The number of nitrogens with one attached hydrogen (secondary N) is 1. The molecule has 2 fully saturated rings. The normalized spacial score (nSPS) is 19.6. The third-order valence-electron chi connectivity index (χ3n) is 12.0. The number of hydrogen-bond donors (Lipinski definition) is 1. The summed E-state index contributed by atoms with van der Waals surface area (Å²) in [7, 11) is 0. The van der Waals surface area contributed by atoms with Gasteiger partial charge in [-0.25, -0.2) is 9.97 Å². The third kappa shape index (κ3) is 9.17. The summed E-state index contributed by atoms with van der Waals surface area (Å²) in [5.74, 6) is -0.0742. The first-order valence-electron chi connectivity index (χ1n) is 20.9. The minimum atomic E-state index is -0.735. The van der Waals surface area contributed by atoms with Crippen LogP contribution in [0.15, 0.2) is 115 Å². The molecule has 2 saturated heterocycles. The van der Waals surface area contributed by atoms with Crippen LogP contribution in [0.5, 0.6) is 0 Å². The average Bonchev–Trinajstić information content (AvgIpc) is 4.12. The number of alkyl halides is 1. The van der Waals surface area contributed by atoms with Crippen molar-refractivity contribution in [1.29, 1.82) is 0 Å². The van der Waals surface area contributed by atoms with Gasteiger partial charge in [0.15, 0.2) is 0 Å². The summed E-state index contributed by atoms with van der Waals surface area (Å²) >= 11 is 5.78. The van der Waals surface area contributed by atoms with Crippen LogP contribution >= 0.6 is 45.3 Å². The number of carbonyl (C=O) groups is 3. The largest absolute Gasteiger partial charge is 0.340 e. The monoisotopic (exact) mass is 935 g/mol. The number of halogens is 1. The lowest BCUT2D eigenvalue weighted by Gasteiger charge is -2.29. The van der Waals surface area contributed by atoms with E-state index in [1.54, 1.807) is 22.7 Å². The highest BCUT2D eigenvalue weighted by atomic mass is 127. The molecule has 11 heteroatoms. The van der Waals surface area contributed by atoms with E-state index in [4.69, 9.17) is 9.97 Å². The first kappa shape index (κ1) is 41.3. The van der Waals surface area contributed by atoms with Crippen molar-refractivity contribution in [2.45, 2.75) is 87.3 Å². The van der Waals surface area contributed by atoms with Crippen LogP contribution in [0.25, 0.3) is 32.0 Å². The van der Waals surface area contributed by atoms with Crippen LogP contribution in [0, 0.1) is 5.92 Å². The zero-order chi connectivity index (χ0) is 40.9. The van der Waals surface area contributed by atoms with E-state index >= 15 is 0 Å². The van der Waals surface area contributed by atoms with E-state index in [2.05, 4.69) is 99.6 Å². The molecule has 2 aromatic heterocycles. The second-order valence-corrected chi connectivity index (χ2v) is 19.3. The molecule has 3 aliphatic rings. The zero-order valence-electron chi connectivity index (χ0n) is 33.6. The first-order chi connectivity index (χ1) is 28.8. The number of amides is 3. The van der Waals surface area contributed by atoms with Gasteiger partial charge in [-0.3, -0.25) is 14.4 Å². The molecule has 59 heavy (non-hydrogen) atoms. The van der Waals surface area contributed by atoms with Gasteiger partial charge in [-0.1, -0.05) is 134 Å². The van der Waals surface area contributed by atoms with Gasteiger partial charge >= 0.3 is 0 Å². The van der Waals surface area contributed by atoms with Crippen molar-refractivity contribution < 1.29 is 14.4 Å². The van der Waals surface area contributed by atoms with Crippen molar-refractivity contribution in [1.82, 2.24) is 25.1 Å². The SMILES string of the molecule is CCC(CC)C(=O)N[C@@H](C(=O)N1CCC[C@H]1c1ncc(-c2ccc(-c3ccc(-c4cnc([C@@H]5CCCN5C(=O)CC5=CC=CCC5I)s4)cc3)cc2)s1)c1ccccc1. The predicted molar refractivity (Wildman–Crippen MR) is 247 cm³/mol. The summed E-state index contributed by atoms with van der Waals surface area (Å²) < 4.78 is 0.386. The molecule has 2 aliphatic heterocycles. The Morgan fingerprint density at radius 3 is 1.86 bits per heavy atom. The zero-order valence-corrected chi connectivity index (χ0v) is 37.3. The third-order valence-corrected chi connectivity index (χ3v) is 15.6. The molecular formula is C48H50IN5O3S2. The van der Waals surface area contributed by atoms with Crippen molar-refractivity contribution in [2.75, 3.05) is 13.1 Å². The fourth-order valence-electron chi connectivity index (χ4n) is 8.52. The molecule has 0 spiro atoms. The molecular weight excluding hydrogens is 886 g/mol. The Labute approximate surface area is 369 Å². The molecule has 8 rings (SSSR count). The quantitative estimate of drug-likeness (QED) is 0.0937. The van der Waals surface area contributed by atoms with Crippen molar-refractivity contribution in [2.24, 2.45) is 5.92 Å². The summed E-state index contributed by atoms with van der Waals surface area (Å²) in [6.07, 6.45) is 16.9. The van der Waals surface area contributed by atoms with Gasteiger partial charge in [0.25, 0.3) is 0 Å². The molecule has 4 atom stereocenters. The van der Waals surface area contributed by atoms with E-state index < -0.39 is 6.04 Å². The van der Waals surface area contributed by atoms with Crippen LogP contribution in [0.4, 0.5) is 0 Å². The van der Waals surface area contributed by atoms with Crippen molar-refractivity contribution in [3.8, 4) is 32.0 Å². The topological polar surface area (TPSA) is 95.5 Å². The van der Waals surface area contributed by atoms with Gasteiger partial charge in [0.05, 0.1) is 21.8 Å². The number of rotatable bonds is 13. The summed E-state index contributed by atoms with van der Waals surface area (Å²) in [5, 5.41) is 5.05. The van der Waals surface area contributed by atoms with E-state index in [1.807, 2.05) is 61.5 Å². The van der Waals surface area contributed by atoms with Gasteiger partial charge < -0.3 is 15.1 Å². The average molecular weight is 936 g/mol. The lowest BCUT2D eigenvalue weighted by Crippen LogP contribution is -2.44. The van der Waals surface area contributed by atoms with Gasteiger partial charge in [-0.05, 0) is 78.3 Å². The summed E-state index contributed by atoms with van der Waals surface area (Å²) in [6.45, 7) is 5.45. The van der Waals surface area contributed by atoms with Crippen molar-refractivity contribution in [3.05, 3.63) is 131 Å². The number of likely N-dealkylation sites (tertiary alicyclic amines) is 2. The van der Waals surface area contributed by atoms with Crippen LogP contribution in [0.1, 0.15) is 98.9 Å². The minimum Gasteiger partial charge on any atom is -0.340 e. The van der Waals surface area contributed by atoms with Crippen LogP contribution in [0.3, 0.4) is 0 Å². The number of thiazole rings is 2. The van der Waals surface area contributed by atoms with E-state index in [0.29, 0.717) is 16.9 Å². The molecule has 1 N–H and O–H groups in total. The summed E-state index contributed by atoms with van der Waals surface area (Å²) in [6, 6.07) is 26.0. The highest BCUT2D eigenvalue weighted by Gasteiger charge is 2.38. The Hall–Kier alpha value is -4.46. The van der Waals surface area contributed by atoms with Gasteiger partial charge in [0.2, 0.25) is 17.7 Å². The van der Waals surface area contributed by atoms with Gasteiger partial charge in [-0.2, -0.15) is 0 Å². The fourth-order valence-corrected chi connectivity index (χ4v) is 11.4. The van der Waals surface area contributed by atoms with Crippen LogP contribution < -0.4 is 5.32 Å². The molecule has 0 saturated carbocycles. The molecule has 1 unspecified atom stereocenters. The molecule has 304 valence electrons. The number of carbonyl (C=O) groups excluding carboxylic acids is 3. The fraction of sp³-hybridized carbons (Fsp3) is 0.354. The standard InChI is InChI=1S/C48H50IN5O3S2/c1-3-31(4-2)45(56)52-44(36-12-6-5-7-13-36)48(57)54-27-11-17-40(54)47-51-30-42(59-47)35-24-20-33(21-25-35)32-18-22-34(23-19-32)41-29-50-46(58-41)39-16-10-26-53(39)43(55)28-37-14-8-9-15-38(37)49/h5-9,12-14,18-25,29-31,38-40,44H,3-4,10-11,15-17,26-28H2,1-2H3,(H,52,56)/t38?,39-,40-,44+/m0/s1. The number of allylic oxidation sites excluding steroid dienone is 3. The van der Waals surface area contributed by atoms with Crippen molar-refractivity contribution >= 4 is 63.0 Å². The Kier molecular flexibility index (Phi) is 13.2. The Bertz CT molecular complexity index is 2320. The maximum atomic E-state index is 14.2. The van der Waals surface area contributed by atoms with Gasteiger partial charge in [0, 0.05) is 41.7 Å². The number of nitrogens with zero attached hydrogens (tertiary/aromatic N) is 4. The molecule has 3 aromatic carbocycles. The van der Waals surface area contributed by atoms with E-state index in [1.165, 1.54) is 5.57 Å². The maximum absolute atomic E-state index is 14.2. The second-order valence-electron chi connectivity index (χ2n) is 15.6. The van der Waals surface area contributed by atoms with Gasteiger partial charge in [0.1, 0.15) is 16.1 Å². The first-order valence-corrected chi connectivity index (χ1v) is 23.8. The van der Waals surface area contributed by atoms with Gasteiger partial charge in [-0.15, -0.1) is 22.7 Å². The minimum absolute atomic E-state index is 0.0472. The van der Waals surface area contributed by atoms with Crippen LogP contribution in [-0.4, -0.2) is 54.5 Å². The number of hydrogen-bond acceptors (Lipinski definition) is 7. The van der Waals surface area contributed by atoms with Crippen molar-refractivity contribution in [3.63, 3.8) is 0 Å².